The molecule has 2 aliphatic heterocycles. The fraction of sp³-hybridized carbons (Fsp3) is 0.581. The third-order valence-electron chi connectivity index (χ3n) is 11.5. The zero-order chi connectivity index (χ0) is 47.2. The van der Waals surface area contributed by atoms with E-state index in [2.05, 4.69) is 0 Å². The number of methoxy groups -OCH3 is 1. The van der Waals surface area contributed by atoms with Crippen LogP contribution in [0.4, 0.5) is 11.4 Å². The number of carboxylic acids is 1. The van der Waals surface area contributed by atoms with E-state index < -0.39 is 57.8 Å². The van der Waals surface area contributed by atoms with Crippen molar-refractivity contribution in [1.82, 2.24) is 0 Å². The van der Waals surface area contributed by atoms with Crippen molar-refractivity contribution < 1.29 is 77.1 Å². The van der Waals surface area contributed by atoms with Gasteiger partial charge < -0.3 is 38.2 Å². The Balaban J connectivity index is 1.69. The van der Waals surface area contributed by atoms with Gasteiger partial charge in [0, 0.05) is 67.6 Å². The zero-order valence-corrected chi connectivity index (χ0v) is 39.3. The van der Waals surface area contributed by atoms with E-state index in [1.54, 1.807) is 25.3 Å². The number of likely N-dealkylation sites (N-methyl/N-ethyl adjacent to an activating group) is 1. The molecule has 0 saturated carbocycles. The number of ether oxygens (including phenoxy) is 5. The normalized spacial score (nSPS) is 19.6. The van der Waals surface area contributed by atoms with E-state index >= 15 is 0 Å². The molecule has 0 bridgehead atoms. The molecule has 0 fully saturated rings. The summed E-state index contributed by atoms with van der Waals surface area (Å²) in [6.07, 6.45) is 7.72. The van der Waals surface area contributed by atoms with Crippen molar-refractivity contribution in [3.63, 3.8) is 0 Å². The fourth-order valence-electron chi connectivity index (χ4n) is 8.23. The Bertz CT molecular complexity index is 2350. The summed E-state index contributed by atoms with van der Waals surface area (Å²) in [5.74, 6) is -1.44. The lowest BCUT2D eigenvalue weighted by Gasteiger charge is -2.30. The van der Waals surface area contributed by atoms with Gasteiger partial charge in [-0.15, -0.1) is 0 Å². The number of carbonyl (C=O) groups is 1. The molecule has 2 aromatic rings. The SMILES string of the molecule is CCN1/C(=C/C=C/C2=[N+](CCCCCC(=O)O)c3ccc(S(=O)(=O)O)cc3C2(C)CCOCCOCCOCCOCCOC)C(C)(CCCS(=O)(=O)O)c2cc(S(=O)(=O)[O-])ccc21. The van der Waals surface area contributed by atoms with Gasteiger partial charge in [-0.2, -0.15) is 21.4 Å². The van der Waals surface area contributed by atoms with Gasteiger partial charge in [-0.1, -0.05) is 6.08 Å². The van der Waals surface area contributed by atoms with Crippen LogP contribution in [0.5, 0.6) is 0 Å². The number of nitrogens with zero attached hydrogens (tertiary/aromatic N) is 2. The number of allylic oxidation sites excluding steroid dienone is 4. The first kappa shape index (κ1) is 53.0. The largest absolute Gasteiger partial charge is 0.744 e. The highest BCUT2D eigenvalue weighted by Crippen LogP contribution is 2.51. The topological polar surface area (TPSA) is 256 Å². The number of hydrogen-bond donors (Lipinski definition) is 3. The Morgan fingerprint density at radius 1 is 0.766 bits per heavy atom. The van der Waals surface area contributed by atoms with Crippen molar-refractivity contribution in [2.75, 3.05) is 90.3 Å². The Labute approximate surface area is 377 Å². The summed E-state index contributed by atoms with van der Waals surface area (Å²) in [7, 11) is -12.2. The van der Waals surface area contributed by atoms with Gasteiger partial charge in [-0.3, -0.25) is 13.9 Å². The highest BCUT2D eigenvalue weighted by molar-refractivity contribution is 7.86. The van der Waals surface area contributed by atoms with Gasteiger partial charge in [-0.25, -0.2) is 8.42 Å². The Hall–Kier alpha value is -3.61. The Kier molecular flexibility index (Phi) is 19.6. The maximum absolute atomic E-state index is 12.4. The summed E-state index contributed by atoms with van der Waals surface area (Å²) < 4.78 is 134. The quantitative estimate of drug-likeness (QED) is 0.0537. The van der Waals surface area contributed by atoms with Crippen molar-refractivity contribution >= 4 is 53.4 Å². The van der Waals surface area contributed by atoms with E-state index in [0.717, 1.165) is 5.71 Å². The van der Waals surface area contributed by atoms with E-state index in [4.69, 9.17) is 23.7 Å². The van der Waals surface area contributed by atoms with Gasteiger partial charge >= 0.3 is 5.97 Å². The molecule has 0 spiro atoms. The smallest absolute Gasteiger partial charge is 0.303 e. The summed E-state index contributed by atoms with van der Waals surface area (Å²) in [5, 5.41) is 9.22. The number of fused-ring (bicyclic) bond motifs is 2. The van der Waals surface area contributed by atoms with Gasteiger partial charge in [0.1, 0.15) is 16.7 Å². The zero-order valence-electron chi connectivity index (χ0n) is 36.9. The number of hydrogen-bond acceptors (Lipinski definition) is 14. The molecule has 3 N–H and O–H groups in total. The summed E-state index contributed by atoms with van der Waals surface area (Å²) in [5.41, 5.74) is 1.96. The molecule has 2 aliphatic rings. The molecule has 2 heterocycles. The molecule has 0 amide bonds. The standard InChI is InChI=1S/C43H62N2O16S3/c1-5-44-37-16-14-33(63(51,52)53)31-35(37)42(2,18-10-30-62(48,49)50)39(44)11-9-12-40-43(3,19-21-58-24-25-60-28-29-61-27-26-59-23-22-57-4)36-32-34(64(54,55)56)15-17-38(36)45(40)20-8-6-7-13-41(46)47/h9,11-12,14-17,31-32H,5-8,10,13,18-30H2,1-4H3,(H3-,46,47,48,49,50,51,52,53,54,55,56). The second-order valence-electron chi connectivity index (χ2n) is 15.9. The van der Waals surface area contributed by atoms with Crippen LogP contribution in [0.1, 0.15) is 76.8 Å². The highest BCUT2D eigenvalue weighted by atomic mass is 32.2. The van der Waals surface area contributed by atoms with E-state index in [-0.39, 0.29) is 37.4 Å². The van der Waals surface area contributed by atoms with Crippen LogP contribution in [0.3, 0.4) is 0 Å². The molecular weight excluding hydrogens is 897 g/mol. The molecule has 21 heteroatoms. The highest BCUT2D eigenvalue weighted by Gasteiger charge is 2.48. The number of carboxylic acid groups (broad SMARTS) is 1. The van der Waals surface area contributed by atoms with Crippen LogP contribution in [0.15, 0.2) is 70.1 Å². The molecule has 2 aromatic carbocycles. The molecule has 0 radical (unpaired) electrons. The second-order valence-corrected chi connectivity index (χ2v) is 20.3. The van der Waals surface area contributed by atoms with Crippen LogP contribution >= 0.6 is 0 Å². The van der Waals surface area contributed by atoms with Crippen molar-refractivity contribution in [1.29, 1.82) is 0 Å². The molecule has 18 nitrogen and oxygen atoms in total. The molecule has 2 atom stereocenters. The van der Waals surface area contributed by atoms with E-state index in [9.17, 15) is 48.8 Å². The lowest BCUT2D eigenvalue weighted by atomic mass is 9.76. The lowest BCUT2D eigenvalue weighted by molar-refractivity contribution is -0.438. The van der Waals surface area contributed by atoms with E-state index in [1.807, 2.05) is 42.4 Å². The molecule has 0 aliphatic carbocycles. The predicted molar refractivity (Wildman–Crippen MR) is 237 cm³/mol. The van der Waals surface area contributed by atoms with Gasteiger partial charge in [0.2, 0.25) is 5.69 Å². The first-order chi connectivity index (χ1) is 30.2. The van der Waals surface area contributed by atoms with E-state index in [0.29, 0.717) is 113 Å². The van der Waals surface area contributed by atoms with Crippen molar-refractivity contribution in [2.24, 2.45) is 0 Å². The summed E-state index contributed by atoms with van der Waals surface area (Å²) in [4.78, 5) is 12.5. The van der Waals surface area contributed by atoms with Gasteiger partial charge in [0.05, 0.1) is 73.8 Å². The van der Waals surface area contributed by atoms with Crippen LogP contribution in [0.2, 0.25) is 0 Å². The predicted octanol–water partition coefficient (Wildman–Crippen LogP) is 4.85. The number of benzene rings is 2. The van der Waals surface area contributed by atoms with Crippen molar-refractivity contribution in [3.05, 3.63) is 71.5 Å². The van der Waals surface area contributed by atoms with Crippen LogP contribution in [-0.4, -0.2) is 146 Å². The average Bonchev–Trinajstić information content (AvgIpc) is 3.59. The minimum Gasteiger partial charge on any atom is -0.744 e. The van der Waals surface area contributed by atoms with Crippen molar-refractivity contribution in [2.45, 2.75) is 86.3 Å². The van der Waals surface area contributed by atoms with Crippen LogP contribution in [-0.2, 0) is 69.7 Å². The van der Waals surface area contributed by atoms with Crippen LogP contribution < -0.4 is 4.90 Å². The number of aliphatic carboxylic acids is 1. The third-order valence-corrected chi connectivity index (χ3v) is 14.0. The van der Waals surface area contributed by atoms with Crippen LogP contribution in [0.25, 0.3) is 0 Å². The van der Waals surface area contributed by atoms with Gasteiger partial charge in [-0.05, 0) is 94.8 Å². The monoisotopic (exact) mass is 958 g/mol. The molecule has 358 valence electrons. The third kappa shape index (κ3) is 14.4. The summed E-state index contributed by atoms with van der Waals surface area (Å²) in [6, 6.07) is 8.52. The maximum Gasteiger partial charge on any atom is 0.303 e. The molecular formula is C43H62N2O16S3. The minimum absolute atomic E-state index is 0.00990. The Morgan fingerprint density at radius 3 is 1.92 bits per heavy atom. The molecule has 64 heavy (non-hydrogen) atoms. The lowest BCUT2D eigenvalue weighted by Crippen LogP contribution is -2.33. The number of rotatable bonds is 30. The summed E-state index contributed by atoms with van der Waals surface area (Å²) >= 11 is 0. The van der Waals surface area contributed by atoms with Gasteiger partial charge in [0.15, 0.2) is 5.71 Å². The molecule has 4 rings (SSSR count). The van der Waals surface area contributed by atoms with Crippen molar-refractivity contribution in [3.8, 4) is 0 Å². The van der Waals surface area contributed by atoms with Gasteiger partial charge in [0.25, 0.3) is 20.2 Å². The number of unbranched alkanes of at least 4 members (excludes halogenated alkanes) is 2. The molecule has 0 aromatic heterocycles. The number of anilines is 1. The minimum atomic E-state index is -4.84. The average molecular weight is 959 g/mol. The fourth-order valence-corrected chi connectivity index (χ4v) is 9.74. The molecule has 2 unspecified atom stereocenters. The Morgan fingerprint density at radius 2 is 1.36 bits per heavy atom. The second kappa shape index (κ2) is 23.7. The summed E-state index contributed by atoms with van der Waals surface area (Å²) in [6.45, 7) is 9.88. The van der Waals surface area contributed by atoms with E-state index in [1.165, 1.54) is 24.3 Å². The van der Waals surface area contributed by atoms with Crippen LogP contribution in [0, 0.1) is 0 Å². The first-order valence-electron chi connectivity index (χ1n) is 21.2. The first-order valence-corrected chi connectivity index (χ1v) is 25.6. The maximum atomic E-state index is 12.4. The molecule has 0 saturated heterocycles.